The third-order valence-electron chi connectivity index (χ3n) is 2.12. The first kappa shape index (κ1) is 10.7. The van der Waals surface area contributed by atoms with Crippen LogP contribution in [0.15, 0.2) is 50.9 Å². The standard InChI is InChI=1S/C12H13NS2/c1-9(13)10-4-6-11(7-5-10)15-12-3-2-8-14-12/h2-9H,13H2,1H3/t9-/m0/s1. The second-order valence-corrected chi connectivity index (χ2v) is 5.71. The maximum Gasteiger partial charge on any atom is 0.0646 e. The predicted octanol–water partition coefficient (Wildman–Crippen LogP) is 3.92. The molecule has 0 aliphatic heterocycles. The molecule has 1 heterocycles. The van der Waals surface area contributed by atoms with Gasteiger partial charge in [-0.25, -0.2) is 0 Å². The van der Waals surface area contributed by atoms with Crippen molar-refractivity contribution in [1.82, 2.24) is 0 Å². The molecule has 0 fully saturated rings. The molecule has 0 spiro atoms. The summed E-state index contributed by atoms with van der Waals surface area (Å²) < 4.78 is 1.32. The lowest BCUT2D eigenvalue weighted by Gasteiger charge is -2.05. The summed E-state index contributed by atoms with van der Waals surface area (Å²) in [4.78, 5) is 1.27. The maximum absolute atomic E-state index is 5.80. The van der Waals surface area contributed by atoms with Crippen LogP contribution in [0.2, 0.25) is 0 Å². The molecule has 0 radical (unpaired) electrons. The monoisotopic (exact) mass is 235 g/mol. The highest BCUT2D eigenvalue weighted by Gasteiger charge is 2.00. The Morgan fingerprint density at radius 1 is 1.20 bits per heavy atom. The van der Waals surface area contributed by atoms with Gasteiger partial charge in [-0.05, 0) is 36.1 Å². The first-order valence-corrected chi connectivity index (χ1v) is 6.52. The van der Waals surface area contributed by atoms with Gasteiger partial charge in [-0.15, -0.1) is 11.3 Å². The second kappa shape index (κ2) is 4.84. The first-order chi connectivity index (χ1) is 7.25. The highest BCUT2D eigenvalue weighted by molar-refractivity contribution is 8.01. The number of hydrogen-bond acceptors (Lipinski definition) is 3. The van der Waals surface area contributed by atoms with Crippen molar-refractivity contribution in [2.24, 2.45) is 5.73 Å². The van der Waals surface area contributed by atoms with Gasteiger partial charge >= 0.3 is 0 Å². The SMILES string of the molecule is C[C@H](N)c1ccc(Sc2cccs2)cc1. The molecule has 2 N–H and O–H groups in total. The van der Waals surface area contributed by atoms with Crippen molar-refractivity contribution in [3.05, 3.63) is 47.3 Å². The van der Waals surface area contributed by atoms with E-state index in [4.69, 9.17) is 5.73 Å². The highest BCUT2D eigenvalue weighted by Crippen LogP contribution is 2.31. The lowest BCUT2D eigenvalue weighted by molar-refractivity contribution is 0.817. The Labute approximate surface area is 98.3 Å². The van der Waals surface area contributed by atoms with Crippen molar-refractivity contribution in [2.75, 3.05) is 0 Å². The van der Waals surface area contributed by atoms with Crippen LogP contribution in [0.3, 0.4) is 0 Å². The van der Waals surface area contributed by atoms with Crippen molar-refractivity contribution in [3.8, 4) is 0 Å². The fourth-order valence-corrected chi connectivity index (χ4v) is 3.02. The van der Waals surface area contributed by atoms with Gasteiger partial charge in [0.1, 0.15) is 0 Å². The van der Waals surface area contributed by atoms with Crippen LogP contribution < -0.4 is 5.73 Å². The van der Waals surface area contributed by atoms with E-state index in [9.17, 15) is 0 Å². The third kappa shape index (κ3) is 2.84. The van der Waals surface area contributed by atoms with E-state index in [2.05, 4.69) is 41.8 Å². The molecular weight excluding hydrogens is 222 g/mol. The molecule has 0 saturated heterocycles. The van der Waals surface area contributed by atoms with Crippen molar-refractivity contribution in [3.63, 3.8) is 0 Å². The summed E-state index contributed by atoms with van der Waals surface area (Å²) in [7, 11) is 0. The van der Waals surface area contributed by atoms with E-state index in [0.717, 1.165) is 0 Å². The Balaban J connectivity index is 2.11. The number of hydrogen-bond donors (Lipinski definition) is 1. The minimum Gasteiger partial charge on any atom is -0.324 e. The topological polar surface area (TPSA) is 26.0 Å². The molecule has 2 rings (SSSR count). The largest absolute Gasteiger partial charge is 0.324 e. The summed E-state index contributed by atoms with van der Waals surface area (Å²) in [5, 5.41) is 2.10. The minimum atomic E-state index is 0.116. The number of benzene rings is 1. The zero-order chi connectivity index (χ0) is 10.7. The Morgan fingerprint density at radius 2 is 1.93 bits per heavy atom. The normalized spacial score (nSPS) is 12.7. The summed E-state index contributed by atoms with van der Waals surface area (Å²) in [6.07, 6.45) is 0. The fraction of sp³-hybridized carbons (Fsp3) is 0.167. The fourth-order valence-electron chi connectivity index (χ4n) is 1.28. The molecule has 1 aromatic heterocycles. The van der Waals surface area contributed by atoms with E-state index in [-0.39, 0.29) is 6.04 Å². The lowest BCUT2D eigenvalue weighted by Crippen LogP contribution is -2.04. The predicted molar refractivity (Wildman–Crippen MR) is 67.5 cm³/mol. The summed E-state index contributed by atoms with van der Waals surface area (Å²) in [5.41, 5.74) is 6.98. The molecule has 0 bridgehead atoms. The molecular formula is C12H13NS2. The Morgan fingerprint density at radius 3 is 2.47 bits per heavy atom. The van der Waals surface area contributed by atoms with Crippen LogP contribution in [0.1, 0.15) is 18.5 Å². The molecule has 15 heavy (non-hydrogen) atoms. The highest BCUT2D eigenvalue weighted by atomic mass is 32.2. The van der Waals surface area contributed by atoms with Crippen LogP contribution in [-0.4, -0.2) is 0 Å². The van der Waals surface area contributed by atoms with Crippen molar-refractivity contribution in [1.29, 1.82) is 0 Å². The van der Waals surface area contributed by atoms with Gasteiger partial charge < -0.3 is 5.73 Å². The summed E-state index contributed by atoms with van der Waals surface area (Å²) in [5.74, 6) is 0. The number of nitrogens with two attached hydrogens (primary N) is 1. The Bertz CT molecular complexity index is 404. The van der Waals surface area contributed by atoms with Gasteiger partial charge in [0.25, 0.3) is 0 Å². The van der Waals surface area contributed by atoms with Gasteiger partial charge in [-0.1, -0.05) is 30.0 Å². The molecule has 0 unspecified atom stereocenters. The zero-order valence-corrected chi connectivity index (χ0v) is 10.1. The Kier molecular flexibility index (Phi) is 3.46. The molecule has 3 heteroatoms. The lowest BCUT2D eigenvalue weighted by atomic mass is 10.1. The van der Waals surface area contributed by atoms with Crippen LogP contribution in [0, 0.1) is 0 Å². The van der Waals surface area contributed by atoms with Gasteiger partial charge in [0.05, 0.1) is 4.21 Å². The van der Waals surface area contributed by atoms with Gasteiger partial charge in [-0.3, -0.25) is 0 Å². The van der Waals surface area contributed by atoms with Gasteiger partial charge in [0.15, 0.2) is 0 Å². The van der Waals surface area contributed by atoms with E-state index in [1.165, 1.54) is 14.7 Å². The molecule has 1 nitrogen and oxygen atoms in total. The molecule has 1 atom stereocenters. The second-order valence-electron chi connectivity index (χ2n) is 3.39. The summed E-state index contributed by atoms with van der Waals surface area (Å²) >= 11 is 3.56. The maximum atomic E-state index is 5.80. The number of rotatable bonds is 3. The van der Waals surface area contributed by atoms with Crippen molar-refractivity contribution in [2.45, 2.75) is 22.1 Å². The van der Waals surface area contributed by atoms with Gasteiger partial charge in [0.2, 0.25) is 0 Å². The first-order valence-electron chi connectivity index (χ1n) is 4.82. The van der Waals surface area contributed by atoms with E-state index in [0.29, 0.717) is 0 Å². The quantitative estimate of drug-likeness (QED) is 0.872. The number of thiophene rings is 1. The van der Waals surface area contributed by atoms with E-state index < -0.39 is 0 Å². The zero-order valence-electron chi connectivity index (χ0n) is 8.51. The Hall–Kier alpha value is -0.770. The summed E-state index contributed by atoms with van der Waals surface area (Å²) in [6, 6.07) is 12.8. The molecule has 2 aromatic rings. The van der Waals surface area contributed by atoms with Crippen LogP contribution >= 0.6 is 23.1 Å². The average Bonchev–Trinajstić information content (AvgIpc) is 2.71. The molecule has 0 saturated carbocycles. The van der Waals surface area contributed by atoms with Crippen LogP contribution in [0.5, 0.6) is 0 Å². The third-order valence-corrected chi connectivity index (χ3v) is 4.16. The van der Waals surface area contributed by atoms with Gasteiger partial charge in [-0.2, -0.15) is 0 Å². The van der Waals surface area contributed by atoms with E-state index in [1.807, 2.05) is 6.92 Å². The molecule has 78 valence electrons. The summed E-state index contributed by atoms with van der Waals surface area (Å²) in [6.45, 7) is 2.00. The van der Waals surface area contributed by atoms with Gasteiger partial charge in [0, 0.05) is 10.9 Å². The molecule has 0 aliphatic rings. The van der Waals surface area contributed by atoms with E-state index in [1.54, 1.807) is 23.1 Å². The smallest absolute Gasteiger partial charge is 0.0646 e. The molecule has 0 amide bonds. The minimum absolute atomic E-state index is 0.116. The van der Waals surface area contributed by atoms with Crippen LogP contribution in [0.25, 0.3) is 0 Å². The van der Waals surface area contributed by atoms with Crippen molar-refractivity contribution < 1.29 is 0 Å². The van der Waals surface area contributed by atoms with Crippen LogP contribution in [0.4, 0.5) is 0 Å². The van der Waals surface area contributed by atoms with E-state index >= 15 is 0 Å². The van der Waals surface area contributed by atoms with Crippen molar-refractivity contribution >= 4 is 23.1 Å². The molecule has 0 aliphatic carbocycles. The van der Waals surface area contributed by atoms with Crippen LogP contribution in [-0.2, 0) is 0 Å². The molecule has 1 aromatic carbocycles. The average molecular weight is 235 g/mol.